The maximum atomic E-state index is 11.0. The molecule has 1 aromatic heterocycles. The third-order valence-corrected chi connectivity index (χ3v) is 3.40. The average Bonchev–Trinajstić information content (AvgIpc) is 2.53. The number of rotatable bonds is 4. The average molecular weight is 277 g/mol. The number of nitrogens with two attached hydrogens (primary N) is 1. The Bertz CT molecular complexity index is 776. The number of hydrogen-bond donors (Lipinski definition) is 2. The molecule has 0 aliphatic carbocycles. The molecule has 1 heterocycles. The molecule has 4 nitrogen and oxygen atoms in total. The minimum absolute atomic E-state index is 0.417. The van der Waals surface area contributed by atoms with Crippen LogP contribution in [0.2, 0.25) is 0 Å². The van der Waals surface area contributed by atoms with Crippen LogP contribution in [0, 0.1) is 0 Å². The van der Waals surface area contributed by atoms with E-state index in [1.807, 2.05) is 42.7 Å². The minimum Gasteiger partial charge on any atom is -0.381 e. The summed E-state index contributed by atoms with van der Waals surface area (Å²) in [7, 11) is 0. The van der Waals surface area contributed by atoms with Crippen molar-refractivity contribution < 1.29 is 4.79 Å². The van der Waals surface area contributed by atoms with Gasteiger partial charge in [-0.25, -0.2) is 0 Å². The highest BCUT2D eigenvalue weighted by molar-refractivity contribution is 5.93. The van der Waals surface area contributed by atoms with Crippen LogP contribution in [-0.2, 0) is 6.54 Å². The number of carbonyl (C=O) groups excluding carboxylic acids is 1. The van der Waals surface area contributed by atoms with Crippen LogP contribution in [0.4, 0.5) is 5.69 Å². The molecule has 1 amide bonds. The second-order valence-corrected chi connectivity index (χ2v) is 4.81. The van der Waals surface area contributed by atoms with Crippen molar-refractivity contribution >= 4 is 22.4 Å². The van der Waals surface area contributed by atoms with Crippen LogP contribution in [0.5, 0.6) is 0 Å². The summed E-state index contributed by atoms with van der Waals surface area (Å²) in [5.41, 5.74) is 7.80. The van der Waals surface area contributed by atoms with Crippen molar-refractivity contribution in [2.75, 3.05) is 5.32 Å². The summed E-state index contributed by atoms with van der Waals surface area (Å²) >= 11 is 0. The number of nitrogens with zero attached hydrogens (tertiary/aromatic N) is 1. The van der Waals surface area contributed by atoms with Crippen molar-refractivity contribution in [1.29, 1.82) is 0 Å². The largest absolute Gasteiger partial charge is 0.381 e. The molecule has 3 N–H and O–H groups in total. The van der Waals surface area contributed by atoms with E-state index in [0.717, 1.165) is 16.6 Å². The van der Waals surface area contributed by atoms with Crippen molar-refractivity contribution in [2.45, 2.75) is 6.54 Å². The molecular weight excluding hydrogens is 262 g/mol. The highest BCUT2D eigenvalue weighted by Gasteiger charge is 2.02. The molecule has 0 spiro atoms. The van der Waals surface area contributed by atoms with E-state index in [0.29, 0.717) is 12.1 Å². The van der Waals surface area contributed by atoms with Crippen LogP contribution in [0.25, 0.3) is 10.8 Å². The molecule has 0 unspecified atom stereocenters. The van der Waals surface area contributed by atoms with Crippen LogP contribution in [0.15, 0.2) is 60.9 Å². The van der Waals surface area contributed by atoms with Crippen LogP contribution in [0.3, 0.4) is 0 Å². The first kappa shape index (κ1) is 13.1. The molecule has 2 aromatic carbocycles. The van der Waals surface area contributed by atoms with E-state index in [1.165, 1.54) is 5.39 Å². The van der Waals surface area contributed by atoms with Gasteiger partial charge in [-0.05, 0) is 35.2 Å². The lowest BCUT2D eigenvalue weighted by Gasteiger charge is -2.09. The van der Waals surface area contributed by atoms with Gasteiger partial charge < -0.3 is 11.1 Å². The van der Waals surface area contributed by atoms with Gasteiger partial charge in [0.1, 0.15) is 0 Å². The predicted octanol–water partition coefficient (Wildman–Crippen LogP) is 2.95. The SMILES string of the molecule is NC(=O)c1ccc(NCc2cncc3ccccc23)cc1. The van der Waals surface area contributed by atoms with Crippen molar-refractivity contribution in [3.63, 3.8) is 0 Å². The van der Waals surface area contributed by atoms with E-state index in [4.69, 9.17) is 5.73 Å². The fourth-order valence-electron chi connectivity index (χ4n) is 2.27. The number of aromatic nitrogens is 1. The summed E-state index contributed by atoms with van der Waals surface area (Å²) in [6, 6.07) is 15.3. The van der Waals surface area contributed by atoms with Gasteiger partial charge in [0.2, 0.25) is 5.91 Å². The van der Waals surface area contributed by atoms with Gasteiger partial charge in [0.25, 0.3) is 0 Å². The number of nitrogens with one attached hydrogen (secondary N) is 1. The van der Waals surface area contributed by atoms with Gasteiger partial charge >= 0.3 is 0 Å². The molecule has 21 heavy (non-hydrogen) atoms. The van der Waals surface area contributed by atoms with Crippen LogP contribution < -0.4 is 11.1 Å². The molecule has 0 saturated heterocycles. The topological polar surface area (TPSA) is 68.0 Å². The highest BCUT2D eigenvalue weighted by atomic mass is 16.1. The zero-order chi connectivity index (χ0) is 14.7. The fraction of sp³-hybridized carbons (Fsp3) is 0.0588. The number of anilines is 1. The Hall–Kier alpha value is -2.88. The molecule has 4 heteroatoms. The number of amides is 1. The van der Waals surface area contributed by atoms with Crippen molar-refractivity contribution in [3.05, 3.63) is 72.1 Å². The molecule has 0 aliphatic rings. The number of pyridine rings is 1. The normalized spacial score (nSPS) is 10.5. The van der Waals surface area contributed by atoms with Crippen LogP contribution in [0.1, 0.15) is 15.9 Å². The summed E-state index contributed by atoms with van der Waals surface area (Å²) in [5.74, 6) is -0.417. The van der Waals surface area contributed by atoms with Crippen molar-refractivity contribution in [3.8, 4) is 0 Å². The molecule has 3 aromatic rings. The molecule has 0 radical (unpaired) electrons. The van der Waals surface area contributed by atoms with Crippen LogP contribution in [-0.4, -0.2) is 10.9 Å². The lowest BCUT2D eigenvalue weighted by molar-refractivity contribution is 0.100. The van der Waals surface area contributed by atoms with E-state index in [1.54, 1.807) is 12.1 Å². The van der Waals surface area contributed by atoms with Crippen molar-refractivity contribution in [1.82, 2.24) is 4.98 Å². The molecule has 0 aliphatic heterocycles. The third kappa shape index (κ3) is 2.84. The van der Waals surface area contributed by atoms with Crippen LogP contribution >= 0.6 is 0 Å². The van der Waals surface area contributed by atoms with Gasteiger partial charge in [0.05, 0.1) is 0 Å². The molecule has 0 atom stereocenters. The lowest BCUT2D eigenvalue weighted by Crippen LogP contribution is -2.10. The lowest BCUT2D eigenvalue weighted by atomic mass is 10.1. The zero-order valence-electron chi connectivity index (χ0n) is 11.4. The van der Waals surface area contributed by atoms with Gasteiger partial charge in [-0.2, -0.15) is 0 Å². The Morgan fingerprint density at radius 1 is 1.05 bits per heavy atom. The Labute approximate surface area is 122 Å². The Morgan fingerprint density at radius 3 is 2.57 bits per heavy atom. The molecular formula is C17H15N3O. The first-order valence-electron chi connectivity index (χ1n) is 6.69. The first-order chi connectivity index (χ1) is 10.2. The van der Waals surface area contributed by atoms with Crippen molar-refractivity contribution in [2.24, 2.45) is 5.73 Å². The summed E-state index contributed by atoms with van der Waals surface area (Å²) < 4.78 is 0. The Balaban J connectivity index is 1.79. The Kier molecular flexibility index (Phi) is 3.51. The molecule has 0 saturated carbocycles. The second kappa shape index (κ2) is 5.63. The smallest absolute Gasteiger partial charge is 0.248 e. The van der Waals surface area contributed by atoms with Gasteiger partial charge in [0.15, 0.2) is 0 Å². The van der Waals surface area contributed by atoms with Gasteiger partial charge in [-0.1, -0.05) is 24.3 Å². The molecule has 3 rings (SSSR count). The summed E-state index contributed by atoms with van der Waals surface area (Å²) in [5, 5.41) is 5.64. The molecule has 0 bridgehead atoms. The molecule has 0 fully saturated rings. The van der Waals surface area contributed by atoms with Gasteiger partial charge in [0, 0.05) is 35.6 Å². The number of fused-ring (bicyclic) bond motifs is 1. The van der Waals surface area contributed by atoms with Gasteiger partial charge in [-0.15, -0.1) is 0 Å². The Morgan fingerprint density at radius 2 is 1.81 bits per heavy atom. The zero-order valence-corrected chi connectivity index (χ0v) is 11.4. The maximum Gasteiger partial charge on any atom is 0.248 e. The fourth-order valence-corrected chi connectivity index (χ4v) is 2.27. The third-order valence-electron chi connectivity index (χ3n) is 3.40. The number of benzene rings is 2. The number of carbonyl (C=O) groups is 1. The number of hydrogen-bond acceptors (Lipinski definition) is 3. The summed E-state index contributed by atoms with van der Waals surface area (Å²) in [4.78, 5) is 15.3. The standard InChI is InChI=1S/C17H15N3O/c18-17(21)12-5-7-15(8-6-12)20-11-14-10-19-9-13-3-1-2-4-16(13)14/h1-10,20H,11H2,(H2,18,21). The van der Waals surface area contributed by atoms with E-state index in [9.17, 15) is 4.79 Å². The van der Waals surface area contributed by atoms with E-state index in [-0.39, 0.29) is 0 Å². The highest BCUT2D eigenvalue weighted by Crippen LogP contribution is 2.18. The minimum atomic E-state index is -0.417. The first-order valence-corrected chi connectivity index (χ1v) is 6.69. The summed E-state index contributed by atoms with van der Waals surface area (Å²) in [6.07, 6.45) is 3.73. The second-order valence-electron chi connectivity index (χ2n) is 4.81. The van der Waals surface area contributed by atoms with E-state index < -0.39 is 5.91 Å². The monoisotopic (exact) mass is 277 g/mol. The van der Waals surface area contributed by atoms with Gasteiger partial charge in [-0.3, -0.25) is 9.78 Å². The quantitative estimate of drug-likeness (QED) is 0.770. The molecule has 104 valence electrons. The maximum absolute atomic E-state index is 11.0. The predicted molar refractivity (Wildman–Crippen MR) is 84.0 cm³/mol. The van der Waals surface area contributed by atoms with E-state index in [2.05, 4.69) is 16.4 Å². The van der Waals surface area contributed by atoms with E-state index >= 15 is 0 Å². The summed E-state index contributed by atoms with van der Waals surface area (Å²) in [6.45, 7) is 0.671. The number of primary amides is 1.